The monoisotopic (exact) mass is 278 g/mol. The van der Waals surface area contributed by atoms with Gasteiger partial charge in [-0.3, -0.25) is 4.79 Å². The van der Waals surface area contributed by atoms with E-state index in [1.807, 2.05) is 4.90 Å². The molecule has 0 saturated carbocycles. The highest BCUT2D eigenvalue weighted by Crippen LogP contribution is 2.12. The van der Waals surface area contributed by atoms with Gasteiger partial charge in [0.25, 0.3) is 0 Å². The molecule has 20 heavy (non-hydrogen) atoms. The molecule has 1 N–H and O–H groups in total. The molecule has 7 heteroatoms. The Kier molecular flexibility index (Phi) is 5.09. The molecule has 1 saturated heterocycles. The fourth-order valence-electron chi connectivity index (χ4n) is 2.13. The van der Waals surface area contributed by atoms with Gasteiger partial charge in [-0.15, -0.1) is 5.10 Å². The van der Waals surface area contributed by atoms with Crippen LogP contribution in [0.5, 0.6) is 0 Å². The van der Waals surface area contributed by atoms with E-state index in [-0.39, 0.29) is 5.91 Å². The number of aromatic nitrogens is 3. The molecule has 1 aromatic heterocycles. The highest BCUT2D eigenvalue weighted by atomic mass is 16.2. The van der Waals surface area contributed by atoms with E-state index >= 15 is 0 Å². The van der Waals surface area contributed by atoms with Gasteiger partial charge in [-0.2, -0.15) is 10.1 Å². The fraction of sp³-hybridized carbons (Fsp3) is 0.692. The van der Waals surface area contributed by atoms with Crippen molar-refractivity contribution >= 4 is 17.7 Å². The van der Waals surface area contributed by atoms with E-state index in [0.29, 0.717) is 19.0 Å². The number of unbranched alkanes of at least 4 members (excludes halogenated alkanes) is 1. The molecule has 0 radical (unpaired) electrons. The summed E-state index contributed by atoms with van der Waals surface area (Å²) in [7, 11) is 0. The molecule has 2 rings (SSSR count). The van der Waals surface area contributed by atoms with Crippen LogP contribution in [0, 0.1) is 0 Å². The predicted octanol–water partition coefficient (Wildman–Crippen LogP) is 0.752. The molecular formula is C13H22N6O. The minimum Gasteiger partial charge on any atom is -0.369 e. The molecule has 1 aromatic rings. The van der Waals surface area contributed by atoms with Gasteiger partial charge < -0.3 is 15.1 Å². The lowest BCUT2D eigenvalue weighted by molar-refractivity contribution is -0.129. The van der Waals surface area contributed by atoms with Gasteiger partial charge in [-0.05, 0) is 6.42 Å². The SMILES string of the molecule is CCCCNc1cnnc(N2CCN(C(C)=O)CC2)n1. The normalized spacial score (nSPS) is 15.3. The zero-order valence-electron chi connectivity index (χ0n) is 12.2. The van der Waals surface area contributed by atoms with E-state index in [0.717, 1.165) is 38.3 Å². The summed E-state index contributed by atoms with van der Waals surface area (Å²) >= 11 is 0. The van der Waals surface area contributed by atoms with Crippen molar-refractivity contribution in [1.82, 2.24) is 20.1 Å². The van der Waals surface area contributed by atoms with Crippen LogP contribution in [0.25, 0.3) is 0 Å². The Bertz CT molecular complexity index is 444. The maximum atomic E-state index is 11.3. The fourth-order valence-corrected chi connectivity index (χ4v) is 2.13. The van der Waals surface area contributed by atoms with Crippen LogP contribution < -0.4 is 10.2 Å². The molecule has 1 fully saturated rings. The number of hydrogen-bond donors (Lipinski definition) is 1. The van der Waals surface area contributed by atoms with Crippen LogP contribution in [0.15, 0.2) is 6.20 Å². The Hall–Kier alpha value is -1.92. The number of nitrogens with zero attached hydrogens (tertiary/aromatic N) is 5. The van der Waals surface area contributed by atoms with Gasteiger partial charge in [-0.25, -0.2) is 0 Å². The molecule has 0 bridgehead atoms. The van der Waals surface area contributed by atoms with Crippen molar-refractivity contribution in [3.05, 3.63) is 6.20 Å². The molecule has 110 valence electrons. The second kappa shape index (κ2) is 7.02. The summed E-state index contributed by atoms with van der Waals surface area (Å²) in [6, 6.07) is 0. The third-order valence-corrected chi connectivity index (χ3v) is 3.39. The first-order valence-electron chi connectivity index (χ1n) is 7.14. The zero-order valence-corrected chi connectivity index (χ0v) is 12.2. The van der Waals surface area contributed by atoms with Crippen molar-refractivity contribution in [3.63, 3.8) is 0 Å². The van der Waals surface area contributed by atoms with Gasteiger partial charge >= 0.3 is 0 Å². The largest absolute Gasteiger partial charge is 0.369 e. The predicted molar refractivity (Wildman–Crippen MR) is 77.7 cm³/mol. The topological polar surface area (TPSA) is 74.2 Å². The third-order valence-electron chi connectivity index (χ3n) is 3.39. The number of carbonyl (C=O) groups excluding carboxylic acids is 1. The van der Waals surface area contributed by atoms with E-state index < -0.39 is 0 Å². The maximum Gasteiger partial charge on any atom is 0.247 e. The van der Waals surface area contributed by atoms with E-state index in [1.54, 1.807) is 13.1 Å². The summed E-state index contributed by atoms with van der Waals surface area (Å²) in [6.07, 6.45) is 3.90. The Balaban J connectivity index is 1.92. The molecule has 7 nitrogen and oxygen atoms in total. The molecule has 1 amide bonds. The van der Waals surface area contributed by atoms with Crippen LogP contribution in [-0.2, 0) is 4.79 Å². The molecule has 0 unspecified atom stereocenters. The summed E-state index contributed by atoms with van der Waals surface area (Å²) in [6.45, 7) is 7.58. The second-order valence-electron chi connectivity index (χ2n) is 4.92. The van der Waals surface area contributed by atoms with Crippen LogP contribution in [0.1, 0.15) is 26.7 Å². The van der Waals surface area contributed by atoms with Gasteiger partial charge in [-0.1, -0.05) is 13.3 Å². The molecule has 0 aliphatic carbocycles. The van der Waals surface area contributed by atoms with E-state index in [4.69, 9.17) is 0 Å². The molecule has 0 atom stereocenters. The number of hydrogen-bond acceptors (Lipinski definition) is 6. The van der Waals surface area contributed by atoms with Crippen LogP contribution in [0.2, 0.25) is 0 Å². The average molecular weight is 278 g/mol. The van der Waals surface area contributed by atoms with Crippen LogP contribution >= 0.6 is 0 Å². The quantitative estimate of drug-likeness (QED) is 0.801. The van der Waals surface area contributed by atoms with Gasteiger partial charge in [0.15, 0.2) is 5.82 Å². The first-order valence-corrected chi connectivity index (χ1v) is 7.14. The Morgan fingerprint density at radius 1 is 1.35 bits per heavy atom. The van der Waals surface area contributed by atoms with Crippen molar-refractivity contribution in [2.45, 2.75) is 26.7 Å². The van der Waals surface area contributed by atoms with Crippen molar-refractivity contribution in [3.8, 4) is 0 Å². The highest BCUT2D eigenvalue weighted by molar-refractivity contribution is 5.73. The van der Waals surface area contributed by atoms with E-state index in [9.17, 15) is 4.79 Å². The molecular weight excluding hydrogens is 256 g/mol. The third kappa shape index (κ3) is 3.79. The lowest BCUT2D eigenvalue weighted by Crippen LogP contribution is -2.48. The first-order chi connectivity index (χ1) is 9.70. The minimum atomic E-state index is 0.124. The van der Waals surface area contributed by atoms with Crippen LogP contribution in [0.3, 0.4) is 0 Å². The smallest absolute Gasteiger partial charge is 0.247 e. The van der Waals surface area contributed by atoms with Gasteiger partial charge in [0.1, 0.15) is 0 Å². The Morgan fingerprint density at radius 2 is 2.10 bits per heavy atom. The summed E-state index contributed by atoms with van der Waals surface area (Å²) in [5.41, 5.74) is 0. The van der Waals surface area contributed by atoms with Crippen molar-refractivity contribution in [2.75, 3.05) is 42.9 Å². The number of anilines is 2. The Labute approximate surface area is 119 Å². The minimum absolute atomic E-state index is 0.124. The molecule has 0 spiro atoms. The summed E-state index contributed by atoms with van der Waals surface area (Å²) in [4.78, 5) is 19.7. The summed E-state index contributed by atoms with van der Waals surface area (Å²) in [5, 5.41) is 11.3. The summed E-state index contributed by atoms with van der Waals surface area (Å²) in [5.74, 6) is 1.52. The summed E-state index contributed by atoms with van der Waals surface area (Å²) < 4.78 is 0. The second-order valence-corrected chi connectivity index (χ2v) is 4.92. The van der Waals surface area contributed by atoms with E-state index in [1.165, 1.54) is 0 Å². The van der Waals surface area contributed by atoms with E-state index in [2.05, 4.69) is 32.3 Å². The highest BCUT2D eigenvalue weighted by Gasteiger charge is 2.20. The number of rotatable bonds is 5. The van der Waals surface area contributed by atoms with Gasteiger partial charge in [0.2, 0.25) is 11.9 Å². The van der Waals surface area contributed by atoms with Crippen LogP contribution in [0.4, 0.5) is 11.8 Å². The molecule has 2 heterocycles. The van der Waals surface area contributed by atoms with Gasteiger partial charge in [0, 0.05) is 39.6 Å². The number of piperazine rings is 1. The van der Waals surface area contributed by atoms with Crippen molar-refractivity contribution in [1.29, 1.82) is 0 Å². The lowest BCUT2D eigenvalue weighted by atomic mass is 10.3. The number of carbonyl (C=O) groups is 1. The number of amides is 1. The number of nitrogens with one attached hydrogen (secondary N) is 1. The molecule has 0 aromatic carbocycles. The first kappa shape index (κ1) is 14.5. The molecule has 1 aliphatic heterocycles. The lowest BCUT2D eigenvalue weighted by Gasteiger charge is -2.33. The standard InChI is InChI=1S/C13H22N6O/c1-3-4-5-14-12-10-15-17-13(16-12)19-8-6-18(7-9-19)11(2)20/h10H,3-9H2,1-2H3,(H,14,16,17). The average Bonchev–Trinajstić information content (AvgIpc) is 2.48. The zero-order chi connectivity index (χ0) is 14.4. The Morgan fingerprint density at radius 3 is 2.75 bits per heavy atom. The van der Waals surface area contributed by atoms with Crippen molar-refractivity contribution in [2.24, 2.45) is 0 Å². The van der Waals surface area contributed by atoms with Gasteiger partial charge in [0.05, 0.1) is 6.20 Å². The van der Waals surface area contributed by atoms with Crippen molar-refractivity contribution < 1.29 is 4.79 Å². The molecule has 1 aliphatic rings. The van der Waals surface area contributed by atoms with Crippen LogP contribution in [-0.4, -0.2) is 58.7 Å². The maximum absolute atomic E-state index is 11.3.